The van der Waals surface area contributed by atoms with Gasteiger partial charge in [0.25, 0.3) is 5.89 Å². The van der Waals surface area contributed by atoms with E-state index >= 15 is 0 Å². The molecule has 2 aromatic rings. The van der Waals surface area contributed by atoms with Gasteiger partial charge < -0.3 is 14.5 Å². The van der Waals surface area contributed by atoms with Crippen molar-refractivity contribution in [3.05, 3.63) is 40.0 Å². The highest BCUT2D eigenvalue weighted by Gasteiger charge is 2.07. The summed E-state index contributed by atoms with van der Waals surface area (Å²) in [6, 6.07) is 6.48. The first-order valence-corrected chi connectivity index (χ1v) is 7.27. The van der Waals surface area contributed by atoms with Crippen molar-refractivity contribution in [3.8, 4) is 5.75 Å². The molecule has 1 aromatic carbocycles. The van der Waals surface area contributed by atoms with Gasteiger partial charge in [-0.25, -0.2) is 0 Å². The Kier molecular flexibility index (Phi) is 5.14. The van der Waals surface area contributed by atoms with E-state index in [1.165, 1.54) is 5.56 Å². The van der Waals surface area contributed by atoms with Crippen LogP contribution in [0, 0.1) is 6.92 Å². The first-order chi connectivity index (χ1) is 9.54. The van der Waals surface area contributed by atoms with Crippen molar-refractivity contribution in [1.29, 1.82) is 0 Å². The van der Waals surface area contributed by atoms with Gasteiger partial charge in [0.2, 0.25) is 5.89 Å². The van der Waals surface area contributed by atoms with Gasteiger partial charge in [0, 0.05) is 19.5 Å². The van der Waals surface area contributed by atoms with Crippen LogP contribution in [0.3, 0.4) is 0 Å². The predicted molar refractivity (Wildman–Crippen MR) is 79.5 cm³/mol. The average Bonchev–Trinajstić information content (AvgIpc) is 2.81. The number of aryl methyl sites for hydroxylation is 1. The molecule has 0 aliphatic heterocycles. The summed E-state index contributed by atoms with van der Waals surface area (Å²) in [5.74, 6) is 1.77. The lowest BCUT2D eigenvalue weighted by atomic mass is 10.2. The van der Waals surface area contributed by atoms with Crippen LogP contribution in [-0.4, -0.2) is 16.2 Å². The minimum atomic E-state index is 0.267. The van der Waals surface area contributed by atoms with Crippen LogP contribution in [0.4, 0.5) is 0 Å². The maximum Gasteiger partial charge on any atom is 0.253 e. The molecule has 1 heterocycles. The monoisotopic (exact) mass is 339 g/mol. The second kappa shape index (κ2) is 6.85. The van der Waals surface area contributed by atoms with Gasteiger partial charge in [0.15, 0.2) is 6.61 Å². The Morgan fingerprint density at radius 2 is 2.15 bits per heavy atom. The Morgan fingerprint density at radius 3 is 2.75 bits per heavy atom. The van der Waals surface area contributed by atoms with Crippen molar-refractivity contribution in [1.82, 2.24) is 15.5 Å². The maximum absolute atomic E-state index is 5.65. The van der Waals surface area contributed by atoms with E-state index in [4.69, 9.17) is 9.15 Å². The van der Waals surface area contributed by atoms with Gasteiger partial charge in [-0.05, 0) is 33.6 Å². The third-order valence-electron chi connectivity index (χ3n) is 2.63. The number of benzene rings is 1. The largest absolute Gasteiger partial charge is 0.483 e. The highest BCUT2D eigenvalue weighted by molar-refractivity contribution is 9.10. The fourth-order valence-corrected chi connectivity index (χ4v) is 2.17. The molecule has 0 unspecified atom stereocenters. The Labute approximate surface area is 126 Å². The van der Waals surface area contributed by atoms with E-state index in [2.05, 4.69) is 45.3 Å². The lowest BCUT2D eigenvalue weighted by Crippen LogP contribution is -2.21. The quantitative estimate of drug-likeness (QED) is 0.875. The molecule has 1 N–H and O–H groups in total. The fraction of sp³-hybridized carbons (Fsp3) is 0.429. The Hall–Kier alpha value is -1.40. The molecule has 108 valence electrons. The van der Waals surface area contributed by atoms with E-state index in [1.807, 2.05) is 18.2 Å². The van der Waals surface area contributed by atoms with Gasteiger partial charge in [-0.1, -0.05) is 19.9 Å². The minimum Gasteiger partial charge on any atom is -0.483 e. The number of hydrogen-bond donors (Lipinski definition) is 1. The average molecular weight is 340 g/mol. The van der Waals surface area contributed by atoms with E-state index < -0.39 is 0 Å². The van der Waals surface area contributed by atoms with E-state index in [-0.39, 0.29) is 6.61 Å². The second-order valence-electron chi connectivity index (χ2n) is 4.80. The molecular weight excluding hydrogens is 322 g/mol. The van der Waals surface area contributed by atoms with Gasteiger partial charge in [-0.3, -0.25) is 0 Å². The number of halogens is 1. The van der Waals surface area contributed by atoms with E-state index in [1.54, 1.807) is 6.92 Å². The zero-order valence-corrected chi connectivity index (χ0v) is 13.4. The van der Waals surface area contributed by atoms with Gasteiger partial charge in [-0.15, -0.1) is 10.2 Å². The molecule has 0 radical (unpaired) electrons. The van der Waals surface area contributed by atoms with Gasteiger partial charge in [0.1, 0.15) is 5.75 Å². The van der Waals surface area contributed by atoms with Crippen molar-refractivity contribution in [2.24, 2.45) is 0 Å². The van der Waals surface area contributed by atoms with Crippen LogP contribution in [0.2, 0.25) is 0 Å². The highest BCUT2D eigenvalue weighted by atomic mass is 79.9. The molecule has 5 nitrogen and oxygen atoms in total. The Balaban J connectivity index is 1.95. The molecule has 2 rings (SSSR count). The van der Waals surface area contributed by atoms with Crippen LogP contribution in [0.15, 0.2) is 27.1 Å². The number of nitrogens with zero attached hydrogens (tertiary/aromatic N) is 2. The molecule has 0 fully saturated rings. The molecule has 0 spiro atoms. The standard InChI is InChI=1S/C14H18BrN3O2/c1-9(2)16-7-11-4-5-13(12(15)6-11)19-8-14-18-17-10(3)20-14/h4-6,9,16H,7-8H2,1-3H3. The molecule has 6 heteroatoms. The smallest absolute Gasteiger partial charge is 0.253 e. The summed E-state index contributed by atoms with van der Waals surface area (Å²) in [5.41, 5.74) is 1.20. The SMILES string of the molecule is Cc1nnc(COc2ccc(CNC(C)C)cc2Br)o1. The van der Waals surface area contributed by atoms with Gasteiger partial charge >= 0.3 is 0 Å². The molecule has 0 aliphatic carbocycles. The fourth-order valence-electron chi connectivity index (χ4n) is 1.63. The van der Waals surface area contributed by atoms with Crippen molar-refractivity contribution in [2.75, 3.05) is 0 Å². The molecule has 0 amide bonds. The van der Waals surface area contributed by atoms with Crippen LogP contribution < -0.4 is 10.1 Å². The summed E-state index contributed by atoms with van der Waals surface area (Å²) in [5, 5.41) is 11.0. The third-order valence-corrected chi connectivity index (χ3v) is 3.25. The summed E-state index contributed by atoms with van der Waals surface area (Å²) in [6.45, 7) is 7.10. The number of nitrogens with one attached hydrogen (secondary N) is 1. The number of rotatable bonds is 6. The number of ether oxygens (including phenoxy) is 1. The van der Waals surface area contributed by atoms with Crippen molar-refractivity contribution in [3.63, 3.8) is 0 Å². The van der Waals surface area contributed by atoms with Crippen molar-refractivity contribution >= 4 is 15.9 Å². The Bertz CT molecular complexity index is 569. The third kappa shape index (κ3) is 4.31. The maximum atomic E-state index is 5.65. The summed E-state index contributed by atoms with van der Waals surface area (Å²) in [6.07, 6.45) is 0. The summed E-state index contributed by atoms with van der Waals surface area (Å²) >= 11 is 3.51. The molecule has 0 aliphatic rings. The van der Waals surface area contributed by atoms with Crippen LogP contribution in [0.25, 0.3) is 0 Å². The molecule has 20 heavy (non-hydrogen) atoms. The van der Waals surface area contributed by atoms with Gasteiger partial charge in [0.05, 0.1) is 4.47 Å². The minimum absolute atomic E-state index is 0.267. The zero-order chi connectivity index (χ0) is 14.5. The van der Waals surface area contributed by atoms with Crippen LogP contribution in [0.1, 0.15) is 31.2 Å². The lowest BCUT2D eigenvalue weighted by Gasteiger charge is -2.10. The zero-order valence-electron chi connectivity index (χ0n) is 11.8. The van der Waals surface area contributed by atoms with Crippen LogP contribution in [-0.2, 0) is 13.2 Å². The first kappa shape index (κ1) is 15.0. The molecule has 0 saturated carbocycles. The second-order valence-corrected chi connectivity index (χ2v) is 5.66. The van der Waals surface area contributed by atoms with Crippen molar-refractivity contribution in [2.45, 2.75) is 40.0 Å². The lowest BCUT2D eigenvalue weighted by molar-refractivity contribution is 0.259. The highest BCUT2D eigenvalue weighted by Crippen LogP contribution is 2.26. The summed E-state index contributed by atoms with van der Waals surface area (Å²) in [4.78, 5) is 0. The molecule has 0 atom stereocenters. The van der Waals surface area contributed by atoms with E-state index in [0.717, 1.165) is 16.8 Å². The van der Waals surface area contributed by atoms with Crippen LogP contribution in [0.5, 0.6) is 5.75 Å². The van der Waals surface area contributed by atoms with Gasteiger partial charge in [-0.2, -0.15) is 0 Å². The predicted octanol–water partition coefficient (Wildman–Crippen LogP) is 3.22. The Morgan fingerprint density at radius 1 is 1.35 bits per heavy atom. The molecular formula is C14H18BrN3O2. The summed E-state index contributed by atoms with van der Waals surface area (Å²) in [7, 11) is 0. The van der Waals surface area contributed by atoms with E-state index in [0.29, 0.717) is 17.8 Å². The summed E-state index contributed by atoms with van der Waals surface area (Å²) < 4.78 is 11.8. The van der Waals surface area contributed by atoms with Crippen LogP contribution >= 0.6 is 15.9 Å². The normalized spacial score (nSPS) is 11.1. The topological polar surface area (TPSA) is 60.2 Å². The number of hydrogen-bond acceptors (Lipinski definition) is 5. The molecule has 0 saturated heterocycles. The van der Waals surface area contributed by atoms with Crippen molar-refractivity contribution < 1.29 is 9.15 Å². The van der Waals surface area contributed by atoms with E-state index in [9.17, 15) is 0 Å². The first-order valence-electron chi connectivity index (χ1n) is 6.48. The molecule has 1 aromatic heterocycles. The molecule has 0 bridgehead atoms. The number of aromatic nitrogens is 2.